The Balaban J connectivity index is 2.79. The third-order valence-corrected chi connectivity index (χ3v) is 2.98. The number of likely N-dealkylation sites (N-methyl/N-ethyl adjacent to an activating group) is 1. The van der Waals surface area contributed by atoms with Crippen molar-refractivity contribution in [2.45, 2.75) is 6.04 Å². The van der Waals surface area contributed by atoms with Gasteiger partial charge in [0.2, 0.25) is 0 Å². The molecule has 0 radical (unpaired) electrons. The quantitative estimate of drug-likeness (QED) is 0.857. The lowest BCUT2D eigenvalue weighted by molar-refractivity contribution is -0.138. The second-order valence-corrected chi connectivity index (χ2v) is 4.50. The summed E-state index contributed by atoms with van der Waals surface area (Å²) in [5.41, 5.74) is 6.34. The lowest BCUT2D eigenvalue weighted by Crippen LogP contribution is -2.41. The van der Waals surface area contributed by atoms with E-state index in [1.165, 1.54) is 0 Å². The number of nitrogens with zero attached hydrogens (tertiary/aromatic N) is 1. The average Bonchev–Trinajstić information content (AvgIpc) is 2.28. The first-order valence-electron chi connectivity index (χ1n) is 4.98. The molecule has 0 aromatic heterocycles. The zero-order chi connectivity index (χ0) is 13.0. The van der Waals surface area contributed by atoms with Crippen LogP contribution in [-0.4, -0.2) is 37.8 Å². The SMILES string of the molecule is COc1ccc(N(C)CC(N)C(=O)O)cc1Br. The van der Waals surface area contributed by atoms with E-state index in [2.05, 4.69) is 15.9 Å². The molecule has 0 heterocycles. The zero-order valence-corrected chi connectivity index (χ0v) is 11.3. The molecule has 0 aliphatic carbocycles. The van der Waals surface area contributed by atoms with Gasteiger partial charge < -0.3 is 20.5 Å². The van der Waals surface area contributed by atoms with Crippen molar-refractivity contribution in [2.24, 2.45) is 5.73 Å². The maximum absolute atomic E-state index is 10.7. The van der Waals surface area contributed by atoms with Crippen molar-refractivity contribution in [1.29, 1.82) is 0 Å². The van der Waals surface area contributed by atoms with E-state index in [0.29, 0.717) is 0 Å². The molecule has 0 saturated heterocycles. The van der Waals surface area contributed by atoms with Crippen molar-refractivity contribution in [3.63, 3.8) is 0 Å². The molecule has 94 valence electrons. The van der Waals surface area contributed by atoms with Crippen molar-refractivity contribution < 1.29 is 14.6 Å². The standard InChI is InChI=1S/C11H15BrN2O3/c1-14(6-9(13)11(15)16)7-3-4-10(17-2)8(12)5-7/h3-5,9H,6,13H2,1-2H3,(H,15,16). The molecule has 0 fully saturated rings. The summed E-state index contributed by atoms with van der Waals surface area (Å²) in [7, 11) is 3.38. The largest absolute Gasteiger partial charge is 0.496 e. The van der Waals surface area contributed by atoms with Gasteiger partial charge in [-0.25, -0.2) is 0 Å². The van der Waals surface area contributed by atoms with Crippen LogP contribution in [0.1, 0.15) is 0 Å². The Labute approximate surface area is 108 Å². The first-order chi connectivity index (χ1) is 7.95. The normalized spacial score (nSPS) is 12.0. The van der Waals surface area contributed by atoms with Gasteiger partial charge in [-0.3, -0.25) is 4.79 Å². The Bertz CT molecular complexity index is 412. The monoisotopic (exact) mass is 302 g/mol. The number of halogens is 1. The highest BCUT2D eigenvalue weighted by Gasteiger charge is 2.15. The molecule has 1 unspecified atom stereocenters. The van der Waals surface area contributed by atoms with E-state index in [9.17, 15) is 4.79 Å². The summed E-state index contributed by atoms with van der Waals surface area (Å²) in [5, 5.41) is 8.73. The smallest absolute Gasteiger partial charge is 0.322 e. The molecule has 0 aliphatic rings. The van der Waals surface area contributed by atoms with Crippen molar-refractivity contribution in [3.8, 4) is 5.75 Å². The van der Waals surface area contributed by atoms with Gasteiger partial charge in [0.25, 0.3) is 0 Å². The van der Waals surface area contributed by atoms with E-state index in [4.69, 9.17) is 15.6 Å². The van der Waals surface area contributed by atoms with Gasteiger partial charge in [-0.2, -0.15) is 0 Å². The van der Waals surface area contributed by atoms with Crippen molar-refractivity contribution in [3.05, 3.63) is 22.7 Å². The average molecular weight is 303 g/mol. The molecular formula is C11H15BrN2O3. The van der Waals surface area contributed by atoms with E-state index < -0.39 is 12.0 Å². The van der Waals surface area contributed by atoms with Crippen molar-refractivity contribution >= 4 is 27.6 Å². The molecule has 0 bridgehead atoms. The van der Waals surface area contributed by atoms with Crippen LogP contribution in [0.3, 0.4) is 0 Å². The first-order valence-corrected chi connectivity index (χ1v) is 5.78. The summed E-state index contributed by atoms with van der Waals surface area (Å²) in [6.07, 6.45) is 0. The number of methoxy groups -OCH3 is 1. The summed E-state index contributed by atoms with van der Waals surface area (Å²) < 4.78 is 5.93. The van der Waals surface area contributed by atoms with Gasteiger partial charge in [0.1, 0.15) is 11.8 Å². The molecule has 1 atom stereocenters. The maximum Gasteiger partial charge on any atom is 0.322 e. The number of hydrogen-bond donors (Lipinski definition) is 2. The summed E-state index contributed by atoms with van der Waals surface area (Å²) >= 11 is 3.37. The first kappa shape index (κ1) is 13.8. The van der Waals surface area contributed by atoms with Crippen LogP contribution in [0.25, 0.3) is 0 Å². The Morgan fingerprint density at radius 2 is 2.29 bits per heavy atom. The van der Waals surface area contributed by atoms with Gasteiger partial charge in [0.15, 0.2) is 0 Å². The molecule has 0 amide bonds. The molecule has 1 aromatic rings. The van der Waals surface area contributed by atoms with E-state index in [-0.39, 0.29) is 6.54 Å². The van der Waals surface area contributed by atoms with Gasteiger partial charge in [-0.1, -0.05) is 0 Å². The van der Waals surface area contributed by atoms with E-state index >= 15 is 0 Å². The van der Waals surface area contributed by atoms with Crippen LogP contribution in [0.5, 0.6) is 5.75 Å². The molecule has 0 saturated carbocycles. The fraction of sp³-hybridized carbons (Fsp3) is 0.364. The molecule has 1 rings (SSSR count). The number of ether oxygens (including phenoxy) is 1. The summed E-state index contributed by atoms with van der Waals surface area (Å²) in [4.78, 5) is 12.4. The minimum atomic E-state index is -1.01. The minimum absolute atomic E-state index is 0.244. The number of benzene rings is 1. The van der Waals surface area contributed by atoms with Crippen LogP contribution >= 0.6 is 15.9 Å². The number of nitrogens with two attached hydrogens (primary N) is 1. The van der Waals surface area contributed by atoms with Crippen LogP contribution in [-0.2, 0) is 4.79 Å². The fourth-order valence-electron chi connectivity index (χ4n) is 1.37. The predicted octanol–water partition coefficient (Wildman–Crippen LogP) is 1.31. The van der Waals surface area contributed by atoms with Crippen LogP contribution in [0.15, 0.2) is 22.7 Å². The summed E-state index contributed by atoms with van der Waals surface area (Å²) in [6.45, 7) is 0.244. The topological polar surface area (TPSA) is 75.8 Å². The highest BCUT2D eigenvalue weighted by atomic mass is 79.9. The van der Waals surface area contributed by atoms with Crippen LogP contribution in [0.4, 0.5) is 5.69 Å². The van der Waals surface area contributed by atoms with Crippen molar-refractivity contribution in [1.82, 2.24) is 0 Å². The predicted molar refractivity (Wildman–Crippen MR) is 69.6 cm³/mol. The van der Waals surface area contributed by atoms with Crippen LogP contribution < -0.4 is 15.4 Å². The number of carboxylic acid groups (broad SMARTS) is 1. The van der Waals surface area contributed by atoms with Gasteiger partial charge in [-0.05, 0) is 34.1 Å². The third kappa shape index (κ3) is 3.61. The third-order valence-electron chi connectivity index (χ3n) is 2.36. The van der Waals surface area contributed by atoms with E-state index in [0.717, 1.165) is 15.9 Å². The molecule has 17 heavy (non-hydrogen) atoms. The Morgan fingerprint density at radius 3 is 2.76 bits per heavy atom. The van der Waals surface area contributed by atoms with Crippen LogP contribution in [0, 0.1) is 0 Å². The van der Waals surface area contributed by atoms with E-state index in [1.807, 2.05) is 18.2 Å². The van der Waals surface area contributed by atoms with Crippen LogP contribution in [0.2, 0.25) is 0 Å². The maximum atomic E-state index is 10.7. The number of aliphatic carboxylic acids is 1. The lowest BCUT2D eigenvalue weighted by atomic mass is 10.2. The number of rotatable bonds is 5. The molecule has 1 aromatic carbocycles. The molecule has 0 spiro atoms. The number of carbonyl (C=O) groups is 1. The number of carboxylic acids is 1. The lowest BCUT2D eigenvalue weighted by Gasteiger charge is -2.22. The zero-order valence-electron chi connectivity index (χ0n) is 9.68. The van der Waals surface area contributed by atoms with Gasteiger partial charge in [0.05, 0.1) is 11.6 Å². The molecular weight excluding hydrogens is 288 g/mol. The Morgan fingerprint density at radius 1 is 1.65 bits per heavy atom. The molecule has 5 nitrogen and oxygen atoms in total. The molecule has 6 heteroatoms. The van der Waals surface area contributed by atoms with Gasteiger partial charge in [0, 0.05) is 19.3 Å². The van der Waals surface area contributed by atoms with Gasteiger partial charge >= 0.3 is 5.97 Å². The molecule has 3 N–H and O–H groups in total. The molecule has 0 aliphatic heterocycles. The summed E-state index contributed by atoms with van der Waals surface area (Å²) in [5.74, 6) is -0.283. The number of anilines is 1. The second kappa shape index (κ2) is 5.88. The van der Waals surface area contributed by atoms with Crippen molar-refractivity contribution in [2.75, 3.05) is 25.6 Å². The summed E-state index contributed by atoms with van der Waals surface area (Å²) in [6, 6.07) is 4.61. The highest BCUT2D eigenvalue weighted by molar-refractivity contribution is 9.10. The van der Waals surface area contributed by atoms with E-state index in [1.54, 1.807) is 19.1 Å². The fourth-order valence-corrected chi connectivity index (χ4v) is 1.90. The van der Waals surface area contributed by atoms with Gasteiger partial charge in [-0.15, -0.1) is 0 Å². The second-order valence-electron chi connectivity index (χ2n) is 3.64. The Hall–Kier alpha value is -1.27. The Kier molecular flexibility index (Phi) is 4.77. The minimum Gasteiger partial charge on any atom is -0.496 e. The number of hydrogen-bond acceptors (Lipinski definition) is 4. The highest BCUT2D eigenvalue weighted by Crippen LogP contribution is 2.29.